The molecule has 0 saturated heterocycles. The Kier molecular flexibility index (Phi) is 6.25. The molecule has 2 aromatic rings. The van der Waals surface area contributed by atoms with E-state index < -0.39 is 0 Å². The Balaban J connectivity index is 2.27. The van der Waals surface area contributed by atoms with Crippen LogP contribution in [0.3, 0.4) is 0 Å². The van der Waals surface area contributed by atoms with Gasteiger partial charge in [-0.2, -0.15) is 0 Å². The van der Waals surface area contributed by atoms with E-state index >= 15 is 0 Å². The van der Waals surface area contributed by atoms with E-state index in [-0.39, 0.29) is 13.2 Å². The second-order valence-corrected chi connectivity index (χ2v) is 4.94. The highest BCUT2D eigenvalue weighted by Gasteiger charge is 2.09. The smallest absolute Gasteiger partial charge is 0.130 e. The lowest BCUT2D eigenvalue weighted by molar-refractivity contribution is 0.146. The van der Waals surface area contributed by atoms with Crippen LogP contribution >= 0.6 is 0 Å². The summed E-state index contributed by atoms with van der Waals surface area (Å²) < 4.78 is 16.3. The van der Waals surface area contributed by atoms with Crippen molar-refractivity contribution in [2.45, 2.75) is 6.92 Å². The van der Waals surface area contributed by atoms with Gasteiger partial charge in [-0.05, 0) is 24.6 Å². The molecule has 0 unspecified atom stereocenters. The zero-order valence-corrected chi connectivity index (χ0v) is 13.0. The summed E-state index contributed by atoms with van der Waals surface area (Å²) in [4.78, 5) is 0. The summed E-state index contributed by atoms with van der Waals surface area (Å²) in [6.45, 7) is 3.31. The van der Waals surface area contributed by atoms with Crippen LogP contribution in [0.1, 0.15) is 5.56 Å². The predicted molar refractivity (Wildman–Crippen MR) is 86.6 cm³/mol. The van der Waals surface area contributed by atoms with Gasteiger partial charge in [-0.25, -0.2) is 0 Å². The first-order chi connectivity index (χ1) is 10.7. The minimum Gasteiger partial charge on any atom is -0.491 e. The van der Waals surface area contributed by atoms with Gasteiger partial charge < -0.3 is 19.3 Å². The molecule has 0 saturated carbocycles. The normalized spacial score (nSPS) is 10.5. The average Bonchev–Trinajstić information content (AvgIpc) is 2.54. The first-order valence-electron chi connectivity index (χ1n) is 7.31. The van der Waals surface area contributed by atoms with Crippen LogP contribution in [-0.2, 0) is 4.74 Å². The summed E-state index contributed by atoms with van der Waals surface area (Å²) in [5.74, 6) is 1.42. The minimum absolute atomic E-state index is 0.0143. The quantitative estimate of drug-likeness (QED) is 0.761. The summed E-state index contributed by atoms with van der Waals surface area (Å²) in [6, 6.07) is 14.0. The summed E-state index contributed by atoms with van der Waals surface area (Å²) in [5, 5.41) is 8.86. The molecule has 22 heavy (non-hydrogen) atoms. The number of hydrogen-bond acceptors (Lipinski definition) is 4. The number of ether oxygens (including phenoxy) is 3. The van der Waals surface area contributed by atoms with E-state index in [0.29, 0.717) is 19.0 Å². The molecular weight excluding hydrogens is 280 g/mol. The second-order valence-electron chi connectivity index (χ2n) is 4.94. The summed E-state index contributed by atoms with van der Waals surface area (Å²) in [5.41, 5.74) is 3.31. The molecule has 2 aromatic carbocycles. The molecule has 0 aliphatic carbocycles. The van der Waals surface area contributed by atoms with E-state index in [4.69, 9.17) is 19.3 Å². The molecule has 2 rings (SSSR count). The van der Waals surface area contributed by atoms with Gasteiger partial charge in [-0.3, -0.25) is 0 Å². The van der Waals surface area contributed by atoms with Crippen molar-refractivity contribution in [2.24, 2.45) is 0 Å². The Labute approximate surface area is 131 Å². The van der Waals surface area contributed by atoms with Crippen LogP contribution in [0.4, 0.5) is 0 Å². The third-order valence-corrected chi connectivity index (χ3v) is 3.22. The van der Waals surface area contributed by atoms with Gasteiger partial charge in [-0.1, -0.05) is 29.8 Å². The van der Waals surface area contributed by atoms with Crippen molar-refractivity contribution < 1.29 is 19.3 Å². The fourth-order valence-corrected chi connectivity index (χ4v) is 2.08. The van der Waals surface area contributed by atoms with Gasteiger partial charge in [0.25, 0.3) is 0 Å². The van der Waals surface area contributed by atoms with Gasteiger partial charge in [0.1, 0.15) is 24.7 Å². The van der Waals surface area contributed by atoms with Gasteiger partial charge >= 0.3 is 0 Å². The number of benzene rings is 2. The van der Waals surface area contributed by atoms with Gasteiger partial charge in [0.2, 0.25) is 0 Å². The van der Waals surface area contributed by atoms with Crippen molar-refractivity contribution in [3.05, 3.63) is 48.0 Å². The maximum Gasteiger partial charge on any atom is 0.130 e. The molecule has 0 fully saturated rings. The lowest BCUT2D eigenvalue weighted by atomic mass is 10.0. The van der Waals surface area contributed by atoms with Gasteiger partial charge in [0.15, 0.2) is 0 Å². The van der Waals surface area contributed by atoms with Crippen molar-refractivity contribution in [1.29, 1.82) is 0 Å². The third kappa shape index (κ3) is 4.48. The minimum atomic E-state index is -0.0143. The van der Waals surface area contributed by atoms with Gasteiger partial charge in [0, 0.05) is 18.7 Å². The van der Waals surface area contributed by atoms with Crippen molar-refractivity contribution in [3.63, 3.8) is 0 Å². The van der Waals surface area contributed by atoms with Crippen LogP contribution in [0.5, 0.6) is 11.5 Å². The van der Waals surface area contributed by atoms with E-state index in [1.165, 1.54) is 5.56 Å². The topological polar surface area (TPSA) is 47.9 Å². The lowest BCUT2D eigenvalue weighted by Gasteiger charge is -2.14. The summed E-state index contributed by atoms with van der Waals surface area (Å²) in [6.07, 6.45) is 0. The van der Waals surface area contributed by atoms with Crippen molar-refractivity contribution in [2.75, 3.05) is 33.5 Å². The van der Waals surface area contributed by atoms with Crippen LogP contribution in [-0.4, -0.2) is 38.6 Å². The number of methoxy groups -OCH3 is 1. The fraction of sp³-hybridized carbons (Fsp3) is 0.333. The number of rotatable bonds is 8. The van der Waals surface area contributed by atoms with Crippen molar-refractivity contribution in [3.8, 4) is 22.6 Å². The zero-order valence-electron chi connectivity index (χ0n) is 13.0. The molecule has 118 valence electrons. The Morgan fingerprint density at radius 2 is 1.68 bits per heavy atom. The highest BCUT2D eigenvalue weighted by Crippen LogP contribution is 2.33. The molecule has 0 heterocycles. The largest absolute Gasteiger partial charge is 0.491 e. The average molecular weight is 302 g/mol. The molecule has 4 nitrogen and oxygen atoms in total. The van der Waals surface area contributed by atoms with Crippen molar-refractivity contribution >= 4 is 0 Å². The fourth-order valence-electron chi connectivity index (χ4n) is 2.08. The number of aryl methyl sites for hydroxylation is 1. The van der Waals surface area contributed by atoms with Crippen molar-refractivity contribution in [1.82, 2.24) is 0 Å². The Morgan fingerprint density at radius 1 is 0.909 bits per heavy atom. The first kappa shape index (κ1) is 16.3. The number of aliphatic hydroxyl groups is 1. The van der Waals surface area contributed by atoms with Crippen LogP contribution in [0.2, 0.25) is 0 Å². The molecule has 0 aliphatic rings. The highest BCUT2D eigenvalue weighted by atomic mass is 16.5. The molecule has 0 radical (unpaired) electrons. The maximum atomic E-state index is 8.86. The predicted octanol–water partition coefficient (Wildman–Crippen LogP) is 3.06. The molecule has 1 N–H and O–H groups in total. The molecule has 0 bridgehead atoms. The SMILES string of the molecule is COCCOc1cc(OCCO)ccc1-c1ccc(C)cc1. The van der Waals surface area contributed by atoms with Crippen LogP contribution in [0.25, 0.3) is 11.1 Å². The second kappa shape index (κ2) is 8.41. The van der Waals surface area contributed by atoms with E-state index in [1.807, 2.05) is 18.2 Å². The van der Waals surface area contributed by atoms with E-state index in [9.17, 15) is 0 Å². The van der Waals surface area contributed by atoms with Crippen LogP contribution in [0.15, 0.2) is 42.5 Å². The Hall–Kier alpha value is -2.04. The monoisotopic (exact) mass is 302 g/mol. The third-order valence-electron chi connectivity index (χ3n) is 3.22. The van der Waals surface area contributed by atoms with Crippen LogP contribution < -0.4 is 9.47 Å². The maximum absolute atomic E-state index is 8.86. The Morgan fingerprint density at radius 3 is 2.36 bits per heavy atom. The zero-order chi connectivity index (χ0) is 15.8. The van der Waals surface area contributed by atoms with Gasteiger partial charge in [-0.15, -0.1) is 0 Å². The first-order valence-corrected chi connectivity index (χ1v) is 7.31. The van der Waals surface area contributed by atoms with E-state index in [2.05, 4.69) is 31.2 Å². The molecule has 4 heteroatoms. The molecule has 0 aromatic heterocycles. The van der Waals surface area contributed by atoms with E-state index in [1.54, 1.807) is 7.11 Å². The molecule has 0 amide bonds. The van der Waals surface area contributed by atoms with Gasteiger partial charge in [0.05, 0.1) is 13.2 Å². The standard InChI is InChI=1S/C18H22O4/c1-14-3-5-15(6-4-14)17-8-7-16(21-10-9-19)13-18(17)22-12-11-20-2/h3-8,13,19H,9-12H2,1-2H3. The summed E-state index contributed by atoms with van der Waals surface area (Å²) >= 11 is 0. The molecule has 0 aliphatic heterocycles. The molecule has 0 spiro atoms. The highest BCUT2D eigenvalue weighted by molar-refractivity contribution is 5.71. The summed E-state index contributed by atoms with van der Waals surface area (Å²) in [7, 11) is 1.64. The Bertz CT molecular complexity index is 578. The lowest BCUT2D eigenvalue weighted by Crippen LogP contribution is -2.06. The number of hydrogen-bond donors (Lipinski definition) is 1. The van der Waals surface area contributed by atoms with Crippen LogP contribution in [0, 0.1) is 6.92 Å². The molecule has 0 atom stereocenters. The number of aliphatic hydroxyl groups excluding tert-OH is 1. The molecular formula is C18H22O4. The van der Waals surface area contributed by atoms with E-state index in [0.717, 1.165) is 16.9 Å².